The van der Waals surface area contributed by atoms with Gasteiger partial charge in [0.1, 0.15) is 12.3 Å². The standard InChI is InChI=1S/C16H22N2O4/c1-3-13-16(20)18(11-15(19)17-9-6-10-21-2)12-7-4-5-8-14(12)22-13/h4-5,7-8,13H,3,6,9-11H2,1-2H3,(H,17,19)/t13-/m0/s1. The molecule has 1 aliphatic rings. The van der Waals surface area contributed by atoms with Gasteiger partial charge in [0.2, 0.25) is 5.91 Å². The van der Waals surface area contributed by atoms with Crippen LogP contribution in [0.5, 0.6) is 5.75 Å². The lowest BCUT2D eigenvalue weighted by Crippen LogP contribution is -2.49. The summed E-state index contributed by atoms with van der Waals surface area (Å²) in [4.78, 5) is 26.0. The summed E-state index contributed by atoms with van der Waals surface area (Å²) in [6.07, 6.45) is 0.781. The van der Waals surface area contributed by atoms with E-state index >= 15 is 0 Å². The van der Waals surface area contributed by atoms with Crippen LogP contribution in [0.25, 0.3) is 0 Å². The van der Waals surface area contributed by atoms with Gasteiger partial charge in [0.15, 0.2) is 6.10 Å². The molecule has 0 spiro atoms. The van der Waals surface area contributed by atoms with Gasteiger partial charge < -0.3 is 14.8 Å². The third-order valence-electron chi connectivity index (χ3n) is 3.49. The van der Waals surface area contributed by atoms with Crippen molar-refractivity contribution in [2.75, 3.05) is 31.7 Å². The number of amides is 2. The molecule has 0 unspecified atom stereocenters. The number of hydrogen-bond acceptors (Lipinski definition) is 4. The number of carbonyl (C=O) groups excluding carboxylic acids is 2. The Morgan fingerprint density at radius 2 is 2.18 bits per heavy atom. The number of methoxy groups -OCH3 is 1. The van der Waals surface area contributed by atoms with Gasteiger partial charge in [0, 0.05) is 20.3 Å². The topological polar surface area (TPSA) is 67.9 Å². The lowest BCUT2D eigenvalue weighted by molar-refractivity contribution is -0.129. The Labute approximate surface area is 130 Å². The van der Waals surface area contributed by atoms with Crippen molar-refractivity contribution in [2.45, 2.75) is 25.9 Å². The van der Waals surface area contributed by atoms with E-state index in [2.05, 4.69) is 5.32 Å². The van der Waals surface area contributed by atoms with Crippen molar-refractivity contribution in [1.82, 2.24) is 5.32 Å². The van der Waals surface area contributed by atoms with Crippen LogP contribution in [0, 0.1) is 0 Å². The van der Waals surface area contributed by atoms with E-state index in [1.165, 1.54) is 4.90 Å². The van der Waals surface area contributed by atoms with E-state index < -0.39 is 6.10 Å². The highest BCUT2D eigenvalue weighted by Gasteiger charge is 2.33. The number of hydrogen-bond donors (Lipinski definition) is 1. The normalized spacial score (nSPS) is 16.9. The second-order valence-electron chi connectivity index (χ2n) is 5.10. The SMILES string of the molecule is CC[C@@H]1Oc2ccccc2N(CC(=O)NCCCOC)C1=O. The molecule has 120 valence electrons. The van der Waals surface area contributed by atoms with Gasteiger partial charge in [-0.1, -0.05) is 19.1 Å². The average Bonchev–Trinajstić information content (AvgIpc) is 2.54. The maximum atomic E-state index is 12.4. The van der Waals surface area contributed by atoms with Crippen molar-refractivity contribution in [2.24, 2.45) is 0 Å². The maximum Gasteiger partial charge on any atom is 0.268 e. The molecule has 1 aromatic rings. The molecule has 1 aromatic carbocycles. The van der Waals surface area contributed by atoms with Crippen molar-refractivity contribution in [1.29, 1.82) is 0 Å². The summed E-state index contributed by atoms with van der Waals surface area (Å²) in [5.74, 6) is 0.283. The molecular formula is C16H22N2O4. The zero-order valence-electron chi connectivity index (χ0n) is 13.0. The van der Waals surface area contributed by atoms with E-state index in [1.54, 1.807) is 13.2 Å². The van der Waals surface area contributed by atoms with Crippen LogP contribution in [0.3, 0.4) is 0 Å². The molecule has 1 aliphatic heterocycles. The zero-order valence-corrected chi connectivity index (χ0v) is 13.0. The number of benzene rings is 1. The fourth-order valence-electron chi connectivity index (χ4n) is 2.34. The molecule has 6 heteroatoms. The molecule has 1 heterocycles. The van der Waals surface area contributed by atoms with E-state index in [1.807, 2.05) is 25.1 Å². The first-order chi connectivity index (χ1) is 10.7. The van der Waals surface area contributed by atoms with Gasteiger partial charge in [-0.15, -0.1) is 0 Å². The van der Waals surface area contributed by atoms with Crippen molar-refractivity contribution in [3.63, 3.8) is 0 Å². The highest BCUT2D eigenvalue weighted by molar-refractivity contribution is 6.03. The predicted octanol–water partition coefficient (Wildman–Crippen LogP) is 1.34. The van der Waals surface area contributed by atoms with Gasteiger partial charge in [-0.05, 0) is 25.0 Å². The molecule has 0 aromatic heterocycles. The summed E-state index contributed by atoms with van der Waals surface area (Å²) < 4.78 is 10.6. The molecule has 6 nitrogen and oxygen atoms in total. The van der Waals surface area contributed by atoms with Crippen molar-refractivity contribution < 1.29 is 19.1 Å². The zero-order chi connectivity index (χ0) is 15.9. The molecule has 1 N–H and O–H groups in total. The summed E-state index contributed by atoms with van der Waals surface area (Å²) in [5, 5.41) is 2.80. The van der Waals surface area contributed by atoms with Crippen LogP contribution in [-0.2, 0) is 14.3 Å². The molecule has 0 aliphatic carbocycles. The Hall–Kier alpha value is -2.08. The first-order valence-corrected chi connectivity index (χ1v) is 7.50. The van der Waals surface area contributed by atoms with Crippen molar-refractivity contribution >= 4 is 17.5 Å². The van der Waals surface area contributed by atoms with Crippen LogP contribution in [0.4, 0.5) is 5.69 Å². The minimum absolute atomic E-state index is 0.00267. The van der Waals surface area contributed by atoms with Crippen LogP contribution < -0.4 is 15.0 Å². The fourth-order valence-corrected chi connectivity index (χ4v) is 2.34. The second kappa shape index (κ2) is 7.79. The molecule has 0 radical (unpaired) electrons. The van der Waals surface area contributed by atoms with Gasteiger partial charge in [-0.25, -0.2) is 0 Å². The van der Waals surface area contributed by atoms with Gasteiger partial charge in [0.05, 0.1) is 5.69 Å². The molecule has 1 atom stereocenters. The summed E-state index contributed by atoms with van der Waals surface area (Å²) in [5.41, 5.74) is 0.643. The Morgan fingerprint density at radius 3 is 2.91 bits per heavy atom. The summed E-state index contributed by atoms with van der Waals surface area (Å²) >= 11 is 0. The van der Waals surface area contributed by atoms with Crippen LogP contribution >= 0.6 is 0 Å². The number of para-hydroxylation sites is 2. The van der Waals surface area contributed by atoms with E-state index in [9.17, 15) is 9.59 Å². The number of nitrogens with one attached hydrogen (secondary N) is 1. The van der Waals surface area contributed by atoms with Gasteiger partial charge in [0.25, 0.3) is 5.91 Å². The van der Waals surface area contributed by atoms with Crippen LogP contribution in [0.15, 0.2) is 24.3 Å². The smallest absolute Gasteiger partial charge is 0.268 e. The Morgan fingerprint density at radius 1 is 1.41 bits per heavy atom. The third-order valence-corrected chi connectivity index (χ3v) is 3.49. The summed E-state index contributed by atoms with van der Waals surface area (Å²) in [6, 6.07) is 7.28. The van der Waals surface area contributed by atoms with Crippen LogP contribution in [-0.4, -0.2) is 44.7 Å². The number of fused-ring (bicyclic) bond motifs is 1. The quantitative estimate of drug-likeness (QED) is 0.772. The number of anilines is 1. The molecule has 2 amide bonds. The van der Waals surface area contributed by atoms with E-state index in [-0.39, 0.29) is 18.4 Å². The first kappa shape index (κ1) is 16.3. The maximum absolute atomic E-state index is 12.4. The molecule has 0 fully saturated rings. The number of carbonyl (C=O) groups is 2. The second-order valence-corrected chi connectivity index (χ2v) is 5.10. The van der Waals surface area contributed by atoms with Crippen LogP contribution in [0.2, 0.25) is 0 Å². The molecular weight excluding hydrogens is 284 g/mol. The highest BCUT2D eigenvalue weighted by atomic mass is 16.5. The monoisotopic (exact) mass is 306 g/mol. The van der Waals surface area contributed by atoms with Crippen molar-refractivity contribution in [3.05, 3.63) is 24.3 Å². The molecule has 0 bridgehead atoms. The minimum Gasteiger partial charge on any atom is -0.478 e. The van der Waals surface area contributed by atoms with Crippen molar-refractivity contribution in [3.8, 4) is 5.75 Å². The molecule has 0 saturated heterocycles. The van der Waals surface area contributed by atoms with Crippen LogP contribution in [0.1, 0.15) is 19.8 Å². The van der Waals surface area contributed by atoms with Gasteiger partial charge >= 0.3 is 0 Å². The Balaban J connectivity index is 2.04. The molecule has 0 saturated carbocycles. The Bertz CT molecular complexity index is 533. The lowest BCUT2D eigenvalue weighted by atomic mass is 10.1. The largest absolute Gasteiger partial charge is 0.478 e. The summed E-state index contributed by atoms with van der Waals surface area (Å²) in [7, 11) is 1.62. The number of rotatable bonds is 7. The lowest BCUT2D eigenvalue weighted by Gasteiger charge is -2.33. The fraction of sp³-hybridized carbons (Fsp3) is 0.500. The number of ether oxygens (including phenoxy) is 2. The third kappa shape index (κ3) is 3.76. The van der Waals surface area contributed by atoms with Gasteiger partial charge in [-0.2, -0.15) is 0 Å². The van der Waals surface area contributed by atoms with Gasteiger partial charge in [-0.3, -0.25) is 14.5 Å². The summed E-state index contributed by atoms with van der Waals surface area (Å²) in [6.45, 7) is 3.02. The molecule has 2 rings (SSSR count). The average molecular weight is 306 g/mol. The number of nitrogens with zero attached hydrogens (tertiary/aromatic N) is 1. The molecule has 22 heavy (non-hydrogen) atoms. The Kier molecular flexibility index (Phi) is 5.77. The predicted molar refractivity (Wildman–Crippen MR) is 83.0 cm³/mol. The van der Waals surface area contributed by atoms with E-state index in [0.717, 1.165) is 6.42 Å². The minimum atomic E-state index is -0.531. The first-order valence-electron chi connectivity index (χ1n) is 7.50. The van der Waals surface area contributed by atoms with E-state index in [0.29, 0.717) is 31.0 Å². The highest BCUT2D eigenvalue weighted by Crippen LogP contribution is 2.34. The van der Waals surface area contributed by atoms with E-state index in [4.69, 9.17) is 9.47 Å².